The fraction of sp³-hybridized carbons (Fsp3) is 0.500. The normalized spacial score (nSPS) is 10.4. The summed E-state index contributed by atoms with van der Waals surface area (Å²) in [5.41, 5.74) is 0. The van der Waals surface area contributed by atoms with Crippen molar-refractivity contribution in [1.82, 2.24) is 4.98 Å². The molecule has 0 aliphatic rings. The smallest absolute Gasteiger partial charge is 0.101 e. The molecule has 0 aliphatic heterocycles. The van der Waals surface area contributed by atoms with Crippen LogP contribution in [0, 0.1) is 6.20 Å². The number of aromatic nitrogens is 1. The third-order valence-corrected chi connectivity index (χ3v) is 1.93. The van der Waals surface area contributed by atoms with E-state index >= 15 is 0 Å². The Morgan fingerprint density at radius 3 is 2.75 bits per heavy atom. The molecule has 0 amide bonds. The van der Waals surface area contributed by atoms with Gasteiger partial charge in [0, 0.05) is 11.3 Å². The van der Waals surface area contributed by atoms with Crippen LogP contribution in [0.15, 0.2) is 5.38 Å². The van der Waals surface area contributed by atoms with Crippen molar-refractivity contribution in [3.8, 4) is 0 Å². The van der Waals surface area contributed by atoms with Gasteiger partial charge in [0.05, 0.1) is 5.01 Å². The molecule has 0 N–H and O–H groups in total. The molecule has 1 aromatic rings. The van der Waals surface area contributed by atoms with Crippen LogP contribution in [-0.4, -0.2) is 4.98 Å². The first kappa shape index (κ1) is 5.76. The highest BCUT2D eigenvalue weighted by atomic mass is 32.1. The number of rotatable bonds is 1. The second-order valence-corrected chi connectivity index (χ2v) is 2.86. The molecule has 1 radical (unpaired) electrons. The summed E-state index contributed by atoms with van der Waals surface area (Å²) in [6.07, 6.45) is 2.78. The van der Waals surface area contributed by atoms with Crippen LogP contribution in [0.1, 0.15) is 24.8 Å². The molecule has 43 valence electrons. The van der Waals surface area contributed by atoms with E-state index in [9.17, 15) is 0 Å². The van der Waals surface area contributed by atoms with Gasteiger partial charge < -0.3 is 0 Å². The lowest BCUT2D eigenvalue weighted by Crippen LogP contribution is -1.81. The predicted octanol–water partition coefficient (Wildman–Crippen LogP) is 2.07. The molecule has 0 aliphatic carbocycles. The number of hydrogen-bond acceptors (Lipinski definition) is 2. The topological polar surface area (TPSA) is 12.9 Å². The van der Waals surface area contributed by atoms with E-state index in [-0.39, 0.29) is 0 Å². The number of nitrogens with zero attached hydrogens (tertiary/aromatic N) is 1. The van der Waals surface area contributed by atoms with Gasteiger partial charge >= 0.3 is 0 Å². The summed E-state index contributed by atoms with van der Waals surface area (Å²) in [5, 5.41) is 3.06. The molecule has 0 atom stereocenters. The molecular formula is C6H8NS. The van der Waals surface area contributed by atoms with Crippen LogP contribution in [0.5, 0.6) is 0 Å². The van der Waals surface area contributed by atoms with Crippen molar-refractivity contribution in [2.24, 2.45) is 0 Å². The van der Waals surface area contributed by atoms with Crippen LogP contribution < -0.4 is 0 Å². The van der Waals surface area contributed by atoms with Crippen LogP contribution in [0.3, 0.4) is 0 Å². The van der Waals surface area contributed by atoms with Crippen LogP contribution in [-0.2, 0) is 0 Å². The van der Waals surface area contributed by atoms with E-state index in [1.807, 2.05) is 5.38 Å². The van der Waals surface area contributed by atoms with Gasteiger partial charge in [-0.25, -0.2) is 4.98 Å². The van der Waals surface area contributed by atoms with Crippen LogP contribution >= 0.6 is 11.3 Å². The minimum Gasteiger partial charge on any atom is -0.239 e. The highest BCUT2D eigenvalue weighted by molar-refractivity contribution is 7.09. The van der Waals surface area contributed by atoms with Crippen molar-refractivity contribution in [3.63, 3.8) is 0 Å². The predicted molar refractivity (Wildman–Crippen MR) is 35.0 cm³/mol. The van der Waals surface area contributed by atoms with Gasteiger partial charge in [0.15, 0.2) is 0 Å². The zero-order valence-corrected chi connectivity index (χ0v) is 5.83. The molecule has 1 rings (SSSR count). The maximum atomic E-state index is 4.01. The fourth-order valence-electron chi connectivity index (χ4n) is 0.468. The first-order chi connectivity index (χ1) is 3.80. The van der Waals surface area contributed by atoms with Crippen LogP contribution in [0.4, 0.5) is 0 Å². The van der Waals surface area contributed by atoms with Crippen molar-refractivity contribution in [2.45, 2.75) is 19.8 Å². The Kier molecular flexibility index (Phi) is 1.63. The molecule has 1 nitrogen and oxygen atoms in total. The van der Waals surface area contributed by atoms with Gasteiger partial charge in [-0.15, -0.1) is 11.3 Å². The lowest BCUT2D eigenvalue weighted by atomic mass is 10.2. The van der Waals surface area contributed by atoms with Crippen molar-refractivity contribution in [3.05, 3.63) is 16.6 Å². The molecule has 0 saturated carbocycles. The molecule has 1 heterocycles. The first-order valence-corrected chi connectivity index (χ1v) is 3.50. The maximum Gasteiger partial charge on any atom is 0.101 e. The second kappa shape index (κ2) is 2.27. The Labute approximate surface area is 53.4 Å². The van der Waals surface area contributed by atoms with Gasteiger partial charge in [0.1, 0.15) is 6.20 Å². The summed E-state index contributed by atoms with van der Waals surface area (Å²) >= 11 is 1.66. The van der Waals surface area contributed by atoms with Gasteiger partial charge in [-0.2, -0.15) is 0 Å². The molecule has 1 aromatic heterocycles. The Morgan fingerprint density at radius 2 is 2.50 bits per heavy atom. The molecule has 0 unspecified atom stereocenters. The second-order valence-electron chi connectivity index (χ2n) is 1.97. The molecule has 0 fully saturated rings. The van der Waals surface area contributed by atoms with E-state index in [1.54, 1.807) is 11.3 Å². The zero-order chi connectivity index (χ0) is 5.98. The zero-order valence-electron chi connectivity index (χ0n) is 5.01. The summed E-state index contributed by atoms with van der Waals surface area (Å²) in [6.45, 7) is 4.26. The molecule has 0 bridgehead atoms. The Hall–Kier alpha value is -0.370. The average molecular weight is 126 g/mol. The van der Waals surface area contributed by atoms with Crippen LogP contribution in [0.2, 0.25) is 0 Å². The molecular weight excluding hydrogens is 118 g/mol. The van der Waals surface area contributed by atoms with Gasteiger partial charge in [0.25, 0.3) is 0 Å². The highest BCUT2D eigenvalue weighted by Gasteiger charge is 1.98. The van der Waals surface area contributed by atoms with Crippen molar-refractivity contribution in [2.75, 3.05) is 0 Å². The van der Waals surface area contributed by atoms with Gasteiger partial charge in [-0.1, -0.05) is 13.8 Å². The Morgan fingerprint density at radius 1 is 1.75 bits per heavy atom. The first-order valence-electron chi connectivity index (χ1n) is 2.62. The Balaban J connectivity index is 2.77. The summed E-state index contributed by atoms with van der Waals surface area (Å²) in [7, 11) is 0. The summed E-state index contributed by atoms with van der Waals surface area (Å²) in [6, 6.07) is 0. The third-order valence-electron chi connectivity index (χ3n) is 0.901. The highest BCUT2D eigenvalue weighted by Crippen LogP contribution is 2.14. The summed E-state index contributed by atoms with van der Waals surface area (Å²) in [4.78, 5) is 4.01. The lowest BCUT2D eigenvalue weighted by Gasteiger charge is -1.93. The SMILES string of the molecule is CC(C)c1n[c]cs1. The summed E-state index contributed by atoms with van der Waals surface area (Å²) < 4.78 is 0. The standard InChI is InChI=1S/C6H8NS/c1-5(2)6-7-3-4-8-6/h4-5H,1-2H3. The summed E-state index contributed by atoms with van der Waals surface area (Å²) in [5.74, 6) is 0.561. The fourth-order valence-corrected chi connectivity index (χ4v) is 1.07. The van der Waals surface area contributed by atoms with Gasteiger partial charge in [-0.05, 0) is 0 Å². The largest absolute Gasteiger partial charge is 0.239 e. The molecule has 0 saturated heterocycles. The van der Waals surface area contributed by atoms with Crippen LogP contribution in [0.25, 0.3) is 0 Å². The van der Waals surface area contributed by atoms with Gasteiger partial charge in [-0.3, -0.25) is 0 Å². The molecule has 2 heteroatoms. The van der Waals surface area contributed by atoms with E-state index < -0.39 is 0 Å². The number of hydrogen-bond donors (Lipinski definition) is 0. The molecule has 8 heavy (non-hydrogen) atoms. The van der Waals surface area contributed by atoms with Crippen molar-refractivity contribution >= 4 is 11.3 Å². The third kappa shape index (κ3) is 1.07. The van der Waals surface area contributed by atoms with Crippen molar-refractivity contribution in [1.29, 1.82) is 0 Å². The number of thiazole rings is 1. The van der Waals surface area contributed by atoms with Gasteiger partial charge in [0.2, 0.25) is 0 Å². The van der Waals surface area contributed by atoms with Crippen molar-refractivity contribution < 1.29 is 0 Å². The van der Waals surface area contributed by atoms with E-state index in [2.05, 4.69) is 25.0 Å². The Bertz CT molecular complexity index is 144. The molecule has 0 spiro atoms. The average Bonchev–Trinajstić information content (AvgIpc) is 2.12. The van der Waals surface area contributed by atoms with E-state index in [1.165, 1.54) is 5.01 Å². The minimum absolute atomic E-state index is 0.561. The minimum atomic E-state index is 0.561. The van der Waals surface area contributed by atoms with E-state index in [4.69, 9.17) is 0 Å². The lowest BCUT2D eigenvalue weighted by molar-refractivity contribution is 0.851. The molecule has 0 aromatic carbocycles. The quantitative estimate of drug-likeness (QED) is 0.561. The monoisotopic (exact) mass is 126 g/mol. The van der Waals surface area contributed by atoms with E-state index in [0.29, 0.717) is 5.92 Å². The maximum absolute atomic E-state index is 4.01. The van der Waals surface area contributed by atoms with E-state index in [0.717, 1.165) is 0 Å².